The van der Waals surface area contributed by atoms with Crippen LogP contribution in [0.2, 0.25) is 0 Å². The van der Waals surface area contributed by atoms with E-state index in [1.807, 2.05) is 0 Å². The molecule has 0 amide bonds. The summed E-state index contributed by atoms with van der Waals surface area (Å²) in [5.74, 6) is -0.575. The Kier molecular flexibility index (Phi) is 61.3. The molecule has 0 aromatic heterocycles. The van der Waals surface area contributed by atoms with E-state index in [4.69, 9.17) is 9.47 Å². The lowest BCUT2D eigenvalue weighted by Crippen LogP contribution is -2.28. The summed E-state index contributed by atoms with van der Waals surface area (Å²) in [6.45, 7) is 4.08. The monoisotopic (exact) mass is 1010 g/mol. The van der Waals surface area contributed by atoms with E-state index in [-0.39, 0.29) is 25.2 Å². The first-order valence-electron chi connectivity index (χ1n) is 32.2. The fourth-order valence-corrected chi connectivity index (χ4v) is 9.85. The SMILES string of the molecule is CC/C=C\C/C=C\C/C=C\C/C=C\CCCCCCCCCCCCCCC(=O)OC(CO)COC(=O)CCCCCCCCCCCCCCCCCCCCCCCCCCCCCCCCCCC. The first kappa shape index (κ1) is 69.9. The van der Waals surface area contributed by atoms with Gasteiger partial charge in [-0.3, -0.25) is 9.59 Å². The third-order valence-electron chi connectivity index (χ3n) is 14.6. The van der Waals surface area contributed by atoms with Crippen LogP contribution in [0.3, 0.4) is 0 Å². The molecule has 1 atom stereocenters. The molecule has 0 saturated carbocycles. The van der Waals surface area contributed by atoms with Crippen LogP contribution in [0, 0.1) is 0 Å². The van der Waals surface area contributed by atoms with Gasteiger partial charge in [0, 0.05) is 12.8 Å². The summed E-state index contributed by atoms with van der Waals surface area (Å²) in [6.07, 6.45) is 84.1. The highest BCUT2D eigenvalue weighted by Crippen LogP contribution is 2.18. The molecule has 5 nitrogen and oxygen atoms in total. The Morgan fingerprint density at radius 3 is 0.903 bits per heavy atom. The minimum atomic E-state index is -0.773. The second-order valence-corrected chi connectivity index (χ2v) is 21.8. The topological polar surface area (TPSA) is 72.8 Å². The fraction of sp³-hybridized carbons (Fsp3) is 0.851. The van der Waals surface area contributed by atoms with Crippen molar-refractivity contribution in [3.8, 4) is 0 Å². The van der Waals surface area contributed by atoms with Gasteiger partial charge in [-0.05, 0) is 51.4 Å². The average molecular weight is 1010 g/mol. The van der Waals surface area contributed by atoms with Crippen LogP contribution >= 0.6 is 0 Å². The average Bonchev–Trinajstić information content (AvgIpc) is 3.38. The van der Waals surface area contributed by atoms with Crippen LogP contribution in [0.25, 0.3) is 0 Å². The maximum absolute atomic E-state index is 12.3. The van der Waals surface area contributed by atoms with Gasteiger partial charge in [-0.1, -0.05) is 332 Å². The van der Waals surface area contributed by atoms with Gasteiger partial charge in [0.2, 0.25) is 0 Å². The summed E-state index contributed by atoms with van der Waals surface area (Å²) in [5, 5.41) is 9.68. The molecular formula is C67H124O5. The standard InChI is InChI=1S/C67H124O5/c1-3-5-7-9-11-13-15-17-19-21-23-25-27-29-30-31-32-33-34-35-36-38-39-41-43-45-47-49-51-53-55-57-59-61-66(69)71-64-65(63-68)72-67(70)62-60-58-56-54-52-50-48-46-44-42-40-37-28-26-24-22-20-18-16-14-12-10-8-6-4-2/h6,8,12,14,18,20,24,26,65,68H,3-5,7,9-11,13,15-17,19,21-23,25,27-64H2,1-2H3/b8-6-,14-12-,20-18-,26-24-. The molecule has 0 aliphatic carbocycles. The van der Waals surface area contributed by atoms with Crippen molar-refractivity contribution in [2.45, 2.75) is 354 Å². The molecule has 0 fully saturated rings. The van der Waals surface area contributed by atoms with E-state index >= 15 is 0 Å². The third-order valence-corrected chi connectivity index (χ3v) is 14.6. The lowest BCUT2D eigenvalue weighted by atomic mass is 10.0. The molecule has 0 saturated heterocycles. The molecular weight excluding hydrogens is 885 g/mol. The number of carbonyl (C=O) groups is 2. The quantitative estimate of drug-likeness (QED) is 0.0373. The number of carbonyl (C=O) groups excluding carboxylic acids is 2. The number of hydrogen-bond acceptors (Lipinski definition) is 5. The minimum Gasteiger partial charge on any atom is -0.462 e. The van der Waals surface area contributed by atoms with E-state index < -0.39 is 6.10 Å². The lowest BCUT2D eigenvalue weighted by molar-refractivity contribution is -0.161. The van der Waals surface area contributed by atoms with Gasteiger partial charge in [0.05, 0.1) is 6.61 Å². The van der Waals surface area contributed by atoms with Gasteiger partial charge in [-0.2, -0.15) is 0 Å². The van der Waals surface area contributed by atoms with Gasteiger partial charge >= 0.3 is 11.9 Å². The van der Waals surface area contributed by atoms with Crippen LogP contribution < -0.4 is 0 Å². The Bertz CT molecular complexity index is 1190. The van der Waals surface area contributed by atoms with Gasteiger partial charge in [0.25, 0.3) is 0 Å². The van der Waals surface area contributed by atoms with Gasteiger partial charge in [-0.15, -0.1) is 0 Å². The number of aliphatic hydroxyl groups is 1. The van der Waals surface area contributed by atoms with Crippen molar-refractivity contribution in [2.75, 3.05) is 13.2 Å². The van der Waals surface area contributed by atoms with Crippen LogP contribution in [0.4, 0.5) is 0 Å². The predicted molar refractivity (Wildman–Crippen MR) is 316 cm³/mol. The van der Waals surface area contributed by atoms with Crippen molar-refractivity contribution < 1.29 is 24.2 Å². The molecule has 72 heavy (non-hydrogen) atoms. The van der Waals surface area contributed by atoms with E-state index in [0.29, 0.717) is 12.8 Å². The number of rotatable bonds is 60. The summed E-state index contributed by atoms with van der Waals surface area (Å²) in [4.78, 5) is 24.6. The second kappa shape index (κ2) is 63.2. The molecule has 422 valence electrons. The van der Waals surface area contributed by atoms with Crippen molar-refractivity contribution in [3.05, 3.63) is 48.6 Å². The van der Waals surface area contributed by atoms with Crippen molar-refractivity contribution in [1.82, 2.24) is 0 Å². The number of hydrogen-bond donors (Lipinski definition) is 1. The lowest BCUT2D eigenvalue weighted by Gasteiger charge is -2.15. The molecule has 0 spiro atoms. The molecule has 5 heteroatoms. The molecule has 0 aromatic rings. The summed E-state index contributed by atoms with van der Waals surface area (Å²) in [7, 11) is 0. The van der Waals surface area contributed by atoms with Crippen LogP contribution in [0.5, 0.6) is 0 Å². The molecule has 0 aliphatic rings. The number of ether oxygens (including phenoxy) is 2. The highest BCUT2D eigenvalue weighted by atomic mass is 16.6. The van der Waals surface area contributed by atoms with Crippen LogP contribution in [-0.2, 0) is 19.1 Å². The molecule has 0 bridgehead atoms. The molecule has 0 radical (unpaired) electrons. The summed E-state index contributed by atoms with van der Waals surface area (Å²) >= 11 is 0. The molecule has 0 rings (SSSR count). The van der Waals surface area contributed by atoms with E-state index in [2.05, 4.69) is 62.5 Å². The van der Waals surface area contributed by atoms with E-state index in [9.17, 15) is 14.7 Å². The van der Waals surface area contributed by atoms with Gasteiger partial charge < -0.3 is 14.6 Å². The summed E-state index contributed by atoms with van der Waals surface area (Å²) < 4.78 is 10.7. The van der Waals surface area contributed by atoms with Crippen molar-refractivity contribution in [2.24, 2.45) is 0 Å². The van der Waals surface area contributed by atoms with E-state index in [1.54, 1.807) is 0 Å². The zero-order valence-corrected chi connectivity index (χ0v) is 48.5. The van der Waals surface area contributed by atoms with Gasteiger partial charge in [-0.25, -0.2) is 0 Å². The molecule has 0 aliphatic heterocycles. The number of allylic oxidation sites excluding steroid dienone is 8. The maximum Gasteiger partial charge on any atom is 0.306 e. The van der Waals surface area contributed by atoms with E-state index in [0.717, 1.165) is 57.8 Å². The molecule has 1 unspecified atom stereocenters. The second-order valence-electron chi connectivity index (χ2n) is 21.8. The molecule has 1 N–H and O–H groups in total. The van der Waals surface area contributed by atoms with Crippen molar-refractivity contribution in [3.63, 3.8) is 0 Å². The van der Waals surface area contributed by atoms with Crippen molar-refractivity contribution >= 4 is 11.9 Å². The van der Waals surface area contributed by atoms with Gasteiger partial charge in [0.15, 0.2) is 6.10 Å². The van der Waals surface area contributed by atoms with E-state index in [1.165, 1.54) is 263 Å². The Labute approximate surface area is 449 Å². The highest BCUT2D eigenvalue weighted by molar-refractivity contribution is 5.70. The largest absolute Gasteiger partial charge is 0.462 e. The summed E-state index contributed by atoms with van der Waals surface area (Å²) in [6, 6.07) is 0. The number of esters is 2. The smallest absolute Gasteiger partial charge is 0.306 e. The Morgan fingerprint density at radius 1 is 0.333 bits per heavy atom. The highest BCUT2D eigenvalue weighted by Gasteiger charge is 2.16. The Balaban J connectivity index is 3.40. The minimum absolute atomic E-state index is 0.0627. The fourth-order valence-electron chi connectivity index (χ4n) is 9.85. The Hall–Kier alpha value is -2.14. The first-order valence-corrected chi connectivity index (χ1v) is 32.2. The maximum atomic E-state index is 12.3. The molecule has 0 heterocycles. The summed E-state index contributed by atoms with van der Waals surface area (Å²) in [5.41, 5.74) is 0. The zero-order valence-electron chi connectivity index (χ0n) is 48.5. The Morgan fingerprint density at radius 2 is 0.597 bits per heavy atom. The predicted octanol–water partition coefficient (Wildman–Crippen LogP) is 22.0. The van der Waals surface area contributed by atoms with Crippen molar-refractivity contribution in [1.29, 1.82) is 0 Å². The molecule has 0 aromatic carbocycles. The van der Waals surface area contributed by atoms with Gasteiger partial charge in [0.1, 0.15) is 6.61 Å². The van der Waals surface area contributed by atoms with Crippen LogP contribution in [0.15, 0.2) is 48.6 Å². The van der Waals surface area contributed by atoms with Crippen LogP contribution in [0.1, 0.15) is 348 Å². The third kappa shape index (κ3) is 60.4. The zero-order chi connectivity index (χ0) is 52.0. The number of unbranched alkanes of at least 4 members (excludes halogenated alkanes) is 44. The normalized spacial score (nSPS) is 12.4. The first-order chi connectivity index (χ1) is 35.6. The van der Waals surface area contributed by atoms with Crippen LogP contribution in [-0.4, -0.2) is 36.4 Å². The number of aliphatic hydroxyl groups excluding tert-OH is 1.